The number of para-hydroxylation sites is 1. The van der Waals surface area contributed by atoms with Gasteiger partial charge in [-0.15, -0.1) is 0 Å². The van der Waals surface area contributed by atoms with Crippen LogP contribution < -0.4 is 10.1 Å². The molecule has 1 atom stereocenters. The predicted molar refractivity (Wildman–Crippen MR) is 71.2 cm³/mol. The van der Waals surface area contributed by atoms with Gasteiger partial charge in [0.15, 0.2) is 0 Å². The normalized spacial score (nSPS) is 18.0. The maximum absolute atomic E-state index is 8.59. The van der Waals surface area contributed by atoms with Gasteiger partial charge in [-0.05, 0) is 31.4 Å². The number of ether oxygens (including phenoxy) is 2. The van der Waals surface area contributed by atoms with Crippen molar-refractivity contribution >= 4 is 5.69 Å². The lowest BCUT2D eigenvalue weighted by Gasteiger charge is -2.26. The largest absolute Gasteiger partial charge is 0.489 e. The molecule has 4 nitrogen and oxygen atoms in total. The van der Waals surface area contributed by atoms with Crippen LogP contribution in [0.25, 0.3) is 0 Å². The van der Waals surface area contributed by atoms with Crippen LogP contribution in [-0.4, -0.2) is 37.6 Å². The average Bonchev–Trinajstić information content (AvgIpc) is 2.39. The highest BCUT2D eigenvalue weighted by Crippen LogP contribution is 2.33. The molecule has 1 aromatic rings. The molecule has 100 valence electrons. The fourth-order valence-electron chi connectivity index (χ4n) is 2.14. The summed E-state index contributed by atoms with van der Waals surface area (Å²) in [5, 5.41) is 12.1. The zero-order valence-corrected chi connectivity index (χ0v) is 10.8. The molecular formula is C14H21NO3. The number of fused-ring (bicyclic) bond motifs is 1. The van der Waals surface area contributed by atoms with Gasteiger partial charge in [-0.1, -0.05) is 12.1 Å². The van der Waals surface area contributed by atoms with Gasteiger partial charge in [0.25, 0.3) is 0 Å². The molecule has 4 heteroatoms. The van der Waals surface area contributed by atoms with E-state index < -0.39 is 0 Å². The number of aliphatic hydroxyl groups is 1. The lowest BCUT2D eigenvalue weighted by molar-refractivity contribution is 0.0706. The summed E-state index contributed by atoms with van der Waals surface area (Å²) in [6, 6.07) is 6.65. The van der Waals surface area contributed by atoms with Gasteiger partial charge >= 0.3 is 0 Å². The Hall–Kier alpha value is -1.26. The Labute approximate surface area is 108 Å². The van der Waals surface area contributed by atoms with Crippen molar-refractivity contribution in [2.75, 3.05) is 31.7 Å². The third-order valence-electron chi connectivity index (χ3n) is 3.07. The fraction of sp³-hybridized carbons (Fsp3) is 0.571. The van der Waals surface area contributed by atoms with Crippen molar-refractivity contribution < 1.29 is 14.6 Å². The topological polar surface area (TPSA) is 50.7 Å². The van der Waals surface area contributed by atoms with Crippen molar-refractivity contribution in [3.05, 3.63) is 23.8 Å². The van der Waals surface area contributed by atoms with Gasteiger partial charge in [0, 0.05) is 6.04 Å². The molecule has 1 aliphatic heterocycles. The third-order valence-corrected chi connectivity index (χ3v) is 3.07. The van der Waals surface area contributed by atoms with E-state index in [0.29, 0.717) is 25.9 Å². The van der Waals surface area contributed by atoms with Gasteiger partial charge in [0.1, 0.15) is 12.4 Å². The van der Waals surface area contributed by atoms with Gasteiger partial charge in [-0.2, -0.15) is 0 Å². The number of hydrogen-bond acceptors (Lipinski definition) is 4. The van der Waals surface area contributed by atoms with Crippen molar-refractivity contribution in [2.24, 2.45) is 0 Å². The van der Waals surface area contributed by atoms with E-state index in [-0.39, 0.29) is 6.61 Å². The number of hydrogen-bond donors (Lipinski definition) is 2. The number of anilines is 1. The Kier molecular flexibility index (Phi) is 4.84. The molecule has 0 saturated carbocycles. The van der Waals surface area contributed by atoms with E-state index in [1.807, 2.05) is 12.1 Å². The van der Waals surface area contributed by atoms with Crippen LogP contribution in [-0.2, 0) is 11.2 Å². The zero-order valence-electron chi connectivity index (χ0n) is 10.8. The van der Waals surface area contributed by atoms with Gasteiger partial charge in [-0.3, -0.25) is 0 Å². The Morgan fingerprint density at radius 1 is 1.33 bits per heavy atom. The van der Waals surface area contributed by atoms with E-state index in [2.05, 4.69) is 18.3 Å². The molecule has 0 radical (unpaired) electrons. The Morgan fingerprint density at radius 2 is 2.22 bits per heavy atom. The molecule has 18 heavy (non-hydrogen) atoms. The lowest BCUT2D eigenvalue weighted by Crippen LogP contribution is -2.22. The van der Waals surface area contributed by atoms with Crippen LogP contribution in [0.1, 0.15) is 18.9 Å². The second-order valence-electron chi connectivity index (χ2n) is 4.56. The van der Waals surface area contributed by atoms with Crippen LogP contribution in [0.2, 0.25) is 0 Å². The van der Waals surface area contributed by atoms with Crippen molar-refractivity contribution in [3.63, 3.8) is 0 Å². The zero-order chi connectivity index (χ0) is 12.8. The molecule has 0 bridgehead atoms. The first kappa shape index (κ1) is 13.2. The minimum absolute atomic E-state index is 0.0554. The maximum atomic E-state index is 8.59. The second-order valence-corrected chi connectivity index (χ2v) is 4.56. The van der Waals surface area contributed by atoms with E-state index in [0.717, 1.165) is 24.3 Å². The predicted octanol–water partition coefficient (Wildman–Crippen LogP) is 1.82. The first-order chi connectivity index (χ1) is 8.81. The average molecular weight is 251 g/mol. The highest BCUT2D eigenvalue weighted by molar-refractivity contribution is 5.63. The molecule has 0 amide bonds. The summed E-state index contributed by atoms with van der Waals surface area (Å²) in [6.07, 6.45) is 2.26. The summed E-state index contributed by atoms with van der Waals surface area (Å²) in [7, 11) is 0. The summed E-state index contributed by atoms with van der Waals surface area (Å²) in [6.45, 7) is 3.61. The van der Waals surface area contributed by atoms with E-state index in [1.165, 1.54) is 5.56 Å². The summed E-state index contributed by atoms with van der Waals surface area (Å²) in [5.74, 6) is 0.895. The number of nitrogens with one attached hydrogen (secondary N) is 1. The van der Waals surface area contributed by atoms with Crippen LogP contribution in [0.3, 0.4) is 0 Å². The van der Waals surface area contributed by atoms with Crippen molar-refractivity contribution in [3.8, 4) is 5.75 Å². The van der Waals surface area contributed by atoms with Crippen LogP contribution in [0.5, 0.6) is 5.75 Å². The summed E-state index contributed by atoms with van der Waals surface area (Å²) >= 11 is 0. The minimum atomic E-state index is 0.0554. The van der Waals surface area contributed by atoms with Crippen LogP contribution in [0, 0.1) is 0 Å². The van der Waals surface area contributed by atoms with E-state index in [9.17, 15) is 0 Å². The van der Waals surface area contributed by atoms with E-state index in [1.54, 1.807) is 0 Å². The highest BCUT2D eigenvalue weighted by atomic mass is 16.5. The molecule has 0 aromatic heterocycles. The van der Waals surface area contributed by atoms with Crippen molar-refractivity contribution in [1.29, 1.82) is 0 Å². The minimum Gasteiger partial charge on any atom is -0.489 e. The first-order valence-corrected chi connectivity index (χ1v) is 6.51. The third kappa shape index (κ3) is 3.37. The first-order valence-electron chi connectivity index (χ1n) is 6.51. The SMILES string of the molecule is CC1CCc2cccc(OCCOCCO)c2N1. The van der Waals surface area contributed by atoms with E-state index >= 15 is 0 Å². The molecule has 0 fully saturated rings. The maximum Gasteiger partial charge on any atom is 0.142 e. The molecule has 0 saturated heterocycles. The molecule has 1 aromatic carbocycles. The number of rotatable bonds is 6. The Morgan fingerprint density at radius 3 is 3.06 bits per heavy atom. The quantitative estimate of drug-likeness (QED) is 0.757. The van der Waals surface area contributed by atoms with Crippen LogP contribution >= 0.6 is 0 Å². The van der Waals surface area contributed by atoms with Gasteiger partial charge < -0.3 is 19.9 Å². The molecule has 1 unspecified atom stereocenters. The molecular weight excluding hydrogens is 230 g/mol. The smallest absolute Gasteiger partial charge is 0.142 e. The molecule has 1 heterocycles. The van der Waals surface area contributed by atoms with Crippen LogP contribution in [0.15, 0.2) is 18.2 Å². The van der Waals surface area contributed by atoms with Gasteiger partial charge in [-0.25, -0.2) is 0 Å². The molecule has 0 aliphatic carbocycles. The second kappa shape index (κ2) is 6.61. The molecule has 2 rings (SSSR count). The van der Waals surface area contributed by atoms with Crippen molar-refractivity contribution in [1.82, 2.24) is 0 Å². The molecule has 2 N–H and O–H groups in total. The number of aliphatic hydroxyl groups excluding tert-OH is 1. The Bertz CT molecular complexity index is 381. The number of benzene rings is 1. The summed E-state index contributed by atoms with van der Waals surface area (Å²) in [4.78, 5) is 0. The monoisotopic (exact) mass is 251 g/mol. The van der Waals surface area contributed by atoms with E-state index in [4.69, 9.17) is 14.6 Å². The van der Waals surface area contributed by atoms with Crippen LogP contribution in [0.4, 0.5) is 5.69 Å². The number of aryl methyl sites for hydroxylation is 1. The van der Waals surface area contributed by atoms with Gasteiger partial charge in [0.05, 0.1) is 25.5 Å². The lowest BCUT2D eigenvalue weighted by atomic mass is 9.98. The summed E-state index contributed by atoms with van der Waals surface area (Å²) < 4.78 is 10.9. The van der Waals surface area contributed by atoms with Crippen molar-refractivity contribution in [2.45, 2.75) is 25.8 Å². The molecule has 1 aliphatic rings. The molecule has 0 spiro atoms. The fourth-order valence-corrected chi connectivity index (χ4v) is 2.14. The van der Waals surface area contributed by atoms with Gasteiger partial charge in [0.2, 0.25) is 0 Å². The standard InChI is InChI=1S/C14H21NO3/c1-11-5-6-12-3-2-4-13(14(12)15-11)18-10-9-17-8-7-16/h2-4,11,15-16H,5-10H2,1H3. The highest BCUT2D eigenvalue weighted by Gasteiger charge is 2.17. The Balaban J connectivity index is 1.92. The summed E-state index contributed by atoms with van der Waals surface area (Å²) in [5.41, 5.74) is 2.44.